The lowest BCUT2D eigenvalue weighted by atomic mass is 10.1. The molecule has 3 aromatic rings. The standard InChI is InChI=1S/C15H10ClN3O2S/c16-11-4-6-12(7-5-11)17-15-18-14(9-22-15)10-2-1-3-13(8-10)19(20)21/h1-9H,(H,17,18). The number of nitrogens with one attached hydrogen (secondary N) is 1. The first-order valence-corrected chi connectivity index (χ1v) is 7.60. The summed E-state index contributed by atoms with van der Waals surface area (Å²) in [6.07, 6.45) is 0. The van der Waals surface area contributed by atoms with Gasteiger partial charge in [0, 0.05) is 33.8 Å². The van der Waals surface area contributed by atoms with E-state index in [0.29, 0.717) is 15.8 Å². The molecule has 0 saturated carbocycles. The third kappa shape index (κ3) is 3.24. The van der Waals surface area contributed by atoms with Crippen LogP contribution in [0.25, 0.3) is 11.3 Å². The van der Waals surface area contributed by atoms with Gasteiger partial charge < -0.3 is 5.32 Å². The molecule has 1 N–H and O–H groups in total. The van der Waals surface area contributed by atoms with Crippen LogP contribution in [0.3, 0.4) is 0 Å². The molecule has 0 radical (unpaired) electrons. The highest BCUT2D eigenvalue weighted by atomic mass is 35.5. The van der Waals surface area contributed by atoms with Crippen LogP contribution in [0.5, 0.6) is 0 Å². The minimum Gasteiger partial charge on any atom is -0.332 e. The number of nitro benzene ring substituents is 1. The van der Waals surface area contributed by atoms with Gasteiger partial charge in [-0.2, -0.15) is 0 Å². The van der Waals surface area contributed by atoms with Gasteiger partial charge in [-0.3, -0.25) is 10.1 Å². The molecule has 0 aliphatic heterocycles. The van der Waals surface area contributed by atoms with Crippen LogP contribution in [0.1, 0.15) is 0 Å². The molecular formula is C15H10ClN3O2S. The lowest BCUT2D eigenvalue weighted by Crippen LogP contribution is -1.90. The summed E-state index contributed by atoms with van der Waals surface area (Å²) in [5.41, 5.74) is 2.35. The quantitative estimate of drug-likeness (QED) is 0.532. The normalized spacial score (nSPS) is 10.4. The molecule has 2 aromatic carbocycles. The Hall–Kier alpha value is -2.44. The summed E-state index contributed by atoms with van der Waals surface area (Å²) in [7, 11) is 0. The Balaban J connectivity index is 1.83. The third-order valence-corrected chi connectivity index (χ3v) is 3.96. The highest BCUT2D eigenvalue weighted by Gasteiger charge is 2.10. The molecule has 1 aromatic heterocycles. The molecule has 0 unspecified atom stereocenters. The second-order valence-corrected chi connectivity index (χ2v) is 5.77. The zero-order valence-electron chi connectivity index (χ0n) is 11.2. The first-order chi connectivity index (χ1) is 10.6. The number of hydrogen-bond donors (Lipinski definition) is 1. The second kappa shape index (κ2) is 6.13. The van der Waals surface area contributed by atoms with Gasteiger partial charge in [-0.25, -0.2) is 4.98 Å². The summed E-state index contributed by atoms with van der Waals surface area (Å²) in [5, 5.41) is 17.2. The molecule has 3 rings (SSSR count). The summed E-state index contributed by atoms with van der Waals surface area (Å²) in [5.74, 6) is 0. The van der Waals surface area contributed by atoms with Crippen LogP contribution in [-0.4, -0.2) is 9.91 Å². The zero-order chi connectivity index (χ0) is 15.5. The fourth-order valence-electron chi connectivity index (χ4n) is 1.90. The molecule has 110 valence electrons. The van der Waals surface area contributed by atoms with Gasteiger partial charge in [0.05, 0.1) is 10.6 Å². The van der Waals surface area contributed by atoms with E-state index >= 15 is 0 Å². The Kier molecular flexibility index (Phi) is 4.04. The van der Waals surface area contributed by atoms with Crippen LogP contribution >= 0.6 is 22.9 Å². The molecule has 0 atom stereocenters. The van der Waals surface area contributed by atoms with Crippen LogP contribution in [0.15, 0.2) is 53.9 Å². The van der Waals surface area contributed by atoms with Crippen molar-refractivity contribution in [1.82, 2.24) is 4.98 Å². The Morgan fingerprint density at radius 2 is 1.95 bits per heavy atom. The first-order valence-electron chi connectivity index (χ1n) is 6.35. The van der Waals surface area contributed by atoms with E-state index in [1.165, 1.54) is 23.5 Å². The van der Waals surface area contributed by atoms with E-state index in [9.17, 15) is 10.1 Å². The van der Waals surface area contributed by atoms with Crippen LogP contribution in [-0.2, 0) is 0 Å². The van der Waals surface area contributed by atoms with Crippen LogP contribution in [0.4, 0.5) is 16.5 Å². The van der Waals surface area contributed by atoms with E-state index < -0.39 is 4.92 Å². The van der Waals surface area contributed by atoms with Crippen molar-refractivity contribution in [3.05, 3.63) is 69.0 Å². The van der Waals surface area contributed by atoms with Gasteiger partial charge in [-0.05, 0) is 24.3 Å². The van der Waals surface area contributed by atoms with Crippen molar-refractivity contribution >= 4 is 39.4 Å². The molecule has 1 heterocycles. The van der Waals surface area contributed by atoms with Gasteiger partial charge in [0.15, 0.2) is 5.13 Å². The number of halogens is 1. The predicted molar refractivity (Wildman–Crippen MR) is 88.9 cm³/mol. The Morgan fingerprint density at radius 3 is 2.68 bits per heavy atom. The van der Waals surface area contributed by atoms with Gasteiger partial charge in [-0.15, -0.1) is 11.3 Å². The number of nitrogens with zero attached hydrogens (tertiary/aromatic N) is 2. The van der Waals surface area contributed by atoms with Gasteiger partial charge in [0.1, 0.15) is 0 Å². The van der Waals surface area contributed by atoms with E-state index in [1.807, 2.05) is 17.5 Å². The van der Waals surface area contributed by atoms with E-state index in [-0.39, 0.29) is 5.69 Å². The maximum atomic E-state index is 10.8. The largest absolute Gasteiger partial charge is 0.332 e. The monoisotopic (exact) mass is 331 g/mol. The van der Waals surface area contributed by atoms with Gasteiger partial charge in [0.25, 0.3) is 5.69 Å². The van der Waals surface area contributed by atoms with Crippen LogP contribution in [0.2, 0.25) is 5.02 Å². The van der Waals surface area contributed by atoms with Crippen molar-refractivity contribution in [2.45, 2.75) is 0 Å². The van der Waals surface area contributed by atoms with E-state index in [1.54, 1.807) is 24.3 Å². The van der Waals surface area contributed by atoms with Crippen molar-refractivity contribution < 1.29 is 4.92 Å². The summed E-state index contributed by atoms with van der Waals surface area (Å²) in [4.78, 5) is 14.9. The summed E-state index contributed by atoms with van der Waals surface area (Å²) in [6.45, 7) is 0. The van der Waals surface area contributed by atoms with Crippen LogP contribution in [0, 0.1) is 10.1 Å². The number of anilines is 2. The molecule has 0 bridgehead atoms. The minimum atomic E-state index is -0.414. The molecule has 0 aliphatic carbocycles. The second-order valence-electron chi connectivity index (χ2n) is 4.48. The van der Waals surface area contributed by atoms with Gasteiger partial charge in [0.2, 0.25) is 0 Å². The molecular weight excluding hydrogens is 322 g/mol. The lowest BCUT2D eigenvalue weighted by molar-refractivity contribution is -0.384. The van der Waals surface area contributed by atoms with Crippen molar-refractivity contribution in [3.8, 4) is 11.3 Å². The Labute approximate surface area is 135 Å². The van der Waals surface area contributed by atoms with E-state index in [2.05, 4.69) is 10.3 Å². The maximum absolute atomic E-state index is 10.8. The average Bonchev–Trinajstić information content (AvgIpc) is 2.98. The predicted octanol–water partition coefficient (Wildman–Crippen LogP) is 5.12. The SMILES string of the molecule is O=[N+]([O-])c1cccc(-c2csc(Nc3ccc(Cl)cc3)n2)c1. The summed E-state index contributed by atoms with van der Waals surface area (Å²) < 4.78 is 0. The zero-order valence-corrected chi connectivity index (χ0v) is 12.8. The maximum Gasteiger partial charge on any atom is 0.270 e. The Morgan fingerprint density at radius 1 is 1.18 bits per heavy atom. The number of benzene rings is 2. The summed E-state index contributed by atoms with van der Waals surface area (Å²) in [6, 6.07) is 13.7. The van der Waals surface area contributed by atoms with E-state index in [0.717, 1.165) is 11.3 Å². The van der Waals surface area contributed by atoms with Crippen molar-refractivity contribution in [2.24, 2.45) is 0 Å². The third-order valence-electron chi connectivity index (χ3n) is 2.95. The number of aromatic nitrogens is 1. The van der Waals surface area contributed by atoms with Crippen molar-refractivity contribution in [1.29, 1.82) is 0 Å². The molecule has 22 heavy (non-hydrogen) atoms. The molecule has 0 spiro atoms. The number of hydrogen-bond acceptors (Lipinski definition) is 5. The molecule has 5 nitrogen and oxygen atoms in total. The minimum absolute atomic E-state index is 0.0534. The number of non-ortho nitro benzene ring substituents is 1. The fraction of sp³-hybridized carbons (Fsp3) is 0. The van der Waals surface area contributed by atoms with Gasteiger partial charge >= 0.3 is 0 Å². The fourth-order valence-corrected chi connectivity index (χ4v) is 2.77. The number of rotatable bonds is 4. The van der Waals surface area contributed by atoms with Crippen molar-refractivity contribution in [2.75, 3.05) is 5.32 Å². The number of nitro groups is 1. The average molecular weight is 332 g/mol. The van der Waals surface area contributed by atoms with Gasteiger partial charge in [-0.1, -0.05) is 23.7 Å². The molecule has 0 aliphatic rings. The highest BCUT2D eigenvalue weighted by Crippen LogP contribution is 2.29. The number of thiazole rings is 1. The van der Waals surface area contributed by atoms with Crippen molar-refractivity contribution in [3.63, 3.8) is 0 Å². The first kappa shape index (κ1) is 14.5. The van der Waals surface area contributed by atoms with E-state index in [4.69, 9.17) is 11.6 Å². The summed E-state index contributed by atoms with van der Waals surface area (Å²) >= 11 is 7.28. The molecule has 0 amide bonds. The molecule has 0 saturated heterocycles. The molecule has 0 fully saturated rings. The molecule has 7 heteroatoms. The van der Waals surface area contributed by atoms with Crippen LogP contribution < -0.4 is 5.32 Å². The topological polar surface area (TPSA) is 68.1 Å². The smallest absolute Gasteiger partial charge is 0.270 e. The Bertz CT molecular complexity index is 818. The highest BCUT2D eigenvalue weighted by molar-refractivity contribution is 7.14. The lowest BCUT2D eigenvalue weighted by Gasteiger charge is -2.02.